The van der Waals surface area contributed by atoms with Crippen LogP contribution in [0.2, 0.25) is 0 Å². The molecule has 1 atom stereocenters. The molecule has 1 fully saturated rings. The van der Waals surface area contributed by atoms with Crippen LogP contribution in [0.4, 0.5) is 0 Å². The number of nitrogens with two attached hydrogens (primary N) is 1. The number of halogens is 1. The van der Waals surface area contributed by atoms with E-state index in [4.69, 9.17) is 5.73 Å². The second-order valence-electron chi connectivity index (χ2n) is 4.72. The summed E-state index contributed by atoms with van der Waals surface area (Å²) in [5.41, 5.74) is 7.18. The van der Waals surface area contributed by atoms with Gasteiger partial charge in [-0.2, -0.15) is 0 Å². The van der Waals surface area contributed by atoms with E-state index in [2.05, 4.69) is 28.1 Å². The van der Waals surface area contributed by atoms with Crippen LogP contribution in [0, 0.1) is 5.41 Å². The molecule has 88 valence electrons. The molecule has 3 N–H and O–H groups in total. The summed E-state index contributed by atoms with van der Waals surface area (Å²) in [7, 11) is 0. The Balaban J connectivity index is 2.28. The average molecular weight is 284 g/mol. The van der Waals surface area contributed by atoms with Crippen LogP contribution in [0.1, 0.15) is 30.7 Å². The Morgan fingerprint density at radius 1 is 1.44 bits per heavy atom. The first-order chi connectivity index (χ1) is 7.72. The summed E-state index contributed by atoms with van der Waals surface area (Å²) in [4.78, 5) is 0. The SMILES string of the molecule is NC[C@H](c1cccc(Br)c1)C1(CO)CCC1. The van der Waals surface area contributed by atoms with Crippen molar-refractivity contribution in [1.82, 2.24) is 0 Å². The van der Waals surface area contributed by atoms with Gasteiger partial charge in [-0.25, -0.2) is 0 Å². The van der Waals surface area contributed by atoms with Crippen LogP contribution in [-0.4, -0.2) is 18.3 Å². The number of hydrogen-bond donors (Lipinski definition) is 2. The Labute approximate surface area is 105 Å². The van der Waals surface area contributed by atoms with Crippen LogP contribution in [0.25, 0.3) is 0 Å². The molecule has 1 aromatic carbocycles. The Morgan fingerprint density at radius 3 is 2.62 bits per heavy atom. The van der Waals surface area contributed by atoms with Gasteiger partial charge in [-0.15, -0.1) is 0 Å². The zero-order valence-corrected chi connectivity index (χ0v) is 10.9. The van der Waals surface area contributed by atoms with Crippen molar-refractivity contribution in [2.75, 3.05) is 13.2 Å². The molecule has 0 unspecified atom stereocenters. The van der Waals surface area contributed by atoms with E-state index < -0.39 is 0 Å². The molecule has 0 radical (unpaired) electrons. The highest BCUT2D eigenvalue weighted by atomic mass is 79.9. The molecular formula is C13H18BrNO. The summed E-state index contributed by atoms with van der Waals surface area (Å²) in [6, 6.07) is 8.28. The van der Waals surface area contributed by atoms with Crippen molar-refractivity contribution >= 4 is 15.9 Å². The van der Waals surface area contributed by atoms with Crippen LogP contribution in [0.15, 0.2) is 28.7 Å². The Kier molecular flexibility index (Phi) is 3.67. The molecule has 0 spiro atoms. The fourth-order valence-electron chi connectivity index (χ4n) is 2.71. The molecule has 0 saturated heterocycles. The predicted molar refractivity (Wildman–Crippen MR) is 69.3 cm³/mol. The van der Waals surface area contributed by atoms with Gasteiger partial charge in [-0.1, -0.05) is 34.5 Å². The molecule has 3 heteroatoms. The zero-order valence-electron chi connectivity index (χ0n) is 9.32. The highest BCUT2D eigenvalue weighted by Gasteiger charge is 2.43. The van der Waals surface area contributed by atoms with E-state index in [0.29, 0.717) is 6.54 Å². The quantitative estimate of drug-likeness (QED) is 0.893. The third-order valence-corrected chi connectivity index (χ3v) is 4.38. The second kappa shape index (κ2) is 4.86. The Bertz CT molecular complexity index is 357. The van der Waals surface area contributed by atoms with Crippen LogP contribution in [0.3, 0.4) is 0 Å². The number of hydrogen-bond acceptors (Lipinski definition) is 2. The molecule has 1 aromatic rings. The Morgan fingerprint density at radius 2 is 2.19 bits per heavy atom. The average Bonchev–Trinajstić information content (AvgIpc) is 2.23. The summed E-state index contributed by atoms with van der Waals surface area (Å²) in [5.74, 6) is 0.281. The van der Waals surface area contributed by atoms with Crippen LogP contribution in [0.5, 0.6) is 0 Å². The van der Waals surface area contributed by atoms with Crippen molar-refractivity contribution < 1.29 is 5.11 Å². The van der Waals surface area contributed by atoms with E-state index in [0.717, 1.165) is 17.3 Å². The van der Waals surface area contributed by atoms with Crippen molar-refractivity contribution in [3.8, 4) is 0 Å². The summed E-state index contributed by atoms with van der Waals surface area (Å²) >= 11 is 3.48. The van der Waals surface area contributed by atoms with Crippen LogP contribution < -0.4 is 5.73 Å². The van der Waals surface area contributed by atoms with Crippen molar-refractivity contribution in [2.45, 2.75) is 25.2 Å². The minimum Gasteiger partial charge on any atom is -0.396 e. The minimum atomic E-state index is 0.0372. The van der Waals surface area contributed by atoms with Gasteiger partial charge in [0.1, 0.15) is 0 Å². The maximum absolute atomic E-state index is 9.60. The second-order valence-corrected chi connectivity index (χ2v) is 5.63. The monoisotopic (exact) mass is 283 g/mol. The Hall–Kier alpha value is -0.380. The topological polar surface area (TPSA) is 46.2 Å². The van der Waals surface area contributed by atoms with Gasteiger partial charge in [0, 0.05) is 22.4 Å². The van der Waals surface area contributed by atoms with Crippen molar-refractivity contribution in [1.29, 1.82) is 0 Å². The van der Waals surface area contributed by atoms with E-state index in [1.807, 2.05) is 12.1 Å². The molecule has 1 aliphatic rings. The molecule has 2 rings (SSSR count). The van der Waals surface area contributed by atoms with Gasteiger partial charge in [-0.3, -0.25) is 0 Å². The zero-order chi connectivity index (χ0) is 11.6. The van der Waals surface area contributed by atoms with Crippen molar-refractivity contribution in [3.05, 3.63) is 34.3 Å². The molecule has 0 bridgehead atoms. The first-order valence-electron chi connectivity index (χ1n) is 5.78. The summed E-state index contributed by atoms with van der Waals surface area (Å²) < 4.78 is 1.08. The van der Waals surface area contributed by atoms with Gasteiger partial charge >= 0.3 is 0 Å². The largest absolute Gasteiger partial charge is 0.396 e. The molecule has 0 aromatic heterocycles. The normalized spacial score (nSPS) is 20.2. The summed E-state index contributed by atoms with van der Waals surface area (Å²) in [5, 5.41) is 9.60. The summed E-state index contributed by atoms with van der Waals surface area (Å²) in [6.07, 6.45) is 3.40. The lowest BCUT2D eigenvalue weighted by atomic mass is 9.60. The lowest BCUT2D eigenvalue weighted by molar-refractivity contribution is 0.0192. The van der Waals surface area contributed by atoms with Crippen molar-refractivity contribution in [3.63, 3.8) is 0 Å². The van der Waals surface area contributed by atoms with E-state index >= 15 is 0 Å². The smallest absolute Gasteiger partial charge is 0.0493 e. The molecular weight excluding hydrogens is 266 g/mol. The standard InChI is InChI=1S/C13H18BrNO/c14-11-4-1-3-10(7-11)12(8-15)13(9-16)5-2-6-13/h1,3-4,7,12,16H,2,5-6,8-9,15H2/t12-/m1/s1. The number of rotatable bonds is 4. The van der Waals surface area contributed by atoms with E-state index in [1.165, 1.54) is 12.0 Å². The summed E-state index contributed by atoms with van der Waals surface area (Å²) in [6.45, 7) is 0.860. The van der Waals surface area contributed by atoms with E-state index in [9.17, 15) is 5.11 Å². The molecule has 0 aliphatic heterocycles. The fraction of sp³-hybridized carbons (Fsp3) is 0.538. The lowest BCUT2D eigenvalue weighted by Gasteiger charge is -2.46. The van der Waals surface area contributed by atoms with E-state index in [-0.39, 0.29) is 17.9 Å². The minimum absolute atomic E-state index is 0.0372. The molecule has 16 heavy (non-hydrogen) atoms. The lowest BCUT2D eigenvalue weighted by Crippen LogP contribution is -2.42. The van der Waals surface area contributed by atoms with Crippen LogP contribution >= 0.6 is 15.9 Å². The molecule has 0 amide bonds. The van der Waals surface area contributed by atoms with Gasteiger partial charge in [0.15, 0.2) is 0 Å². The number of aliphatic hydroxyl groups excluding tert-OH is 1. The highest BCUT2D eigenvalue weighted by Crippen LogP contribution is 2.50. The van der Waals surface area contributed by atoms with Gasteiger partial charge in [-0.05, 0) is 37.1 Å². The third-order valence-electron chi connectivity index (χ3n) is 3.89. The maximum Gasteiger partial charge on any atom is 0.0493 e. The molecule has 1 saturated carbocycles. The first-order valence-corrected chi connectivity index (χ1v) is 6.57. The number of benzene rings is 1. The van der Waals surface area contributed by atoms with Gasteiger partial charge in [0.05, 0.1) is 0 Å². The first kappa shape index (κ1) is 12.1. The van der Waals surface area contributed by atoms with Crippen LogP contribution in [-0.2, 0) is 0 Å². The van der Waals surface area contributed by atoms with Gasteiger partial charge < -0.3 is 10.8 Å². The fourth-order valence-corrected chi connectivity index (χ4v) is 3.13. The third kappa shape index (κ3) is 2.04. The molecule has 2 nitrogen and oxygen atoms in total. The van der Waals surface area contributed by atoms with Gasteiger partial charge in [0.25, 0.3) is 0 Å². The predicted octanol–water partition coefficient (Wildman–Crippen LogP) is 2.65. The van der Waals surface area contributed by atoms with Crippen molar-refractivity contribution in [2.24, 2.45) is 11.1 Å². The number of aliphatic hydroxyl groups is 1. The van der Waals surface area contributed by atoms with Gasteiger partial charge in [0.2, 0.25) is 0 Å². The van der Waals surface area contributed by atoms with E-state index in [1.54, 1.807) is 0 Å². The highest BCUT2D eigenvalue weighted by molar-refractivity contribution is 9.10. The maximum atomic E-state index is 9.60. The molecule has 0 heterocycles. The molecule has 1 aliphatic carbocycles.